The number of nitrogens with zero attached hydrogens (tertiary/aromatic N) is 1. The summed E-state index contributed by atoms with van der Waals surface area (Å²) in [6.45, 7) is -0.357. The summed E-state index contributed by atoms with van der Waals surface area (Å²) in [6, 6.07) is 9.64. The SMILES string of the molecule is CC(NC(=O)[C@@H]1C[C@](F)(CO)CN1C(=O)CNC(=O)c1ccc2c(c1)-c1ccccc1C2(F)F)c1cc(C(=N)N)cs1. The number of fused-ring (bicyclic) bond motifs is 3. The average Bonchev–Trinajstić information content (AvgIpc) is 3.66. The largest absolute Gasteiger partial charge is 0.393 e. The Balaban J connectivity index is 1.27. The smallest absolute Gasteiger partial charge is 0.299 e. The molecule has 1 aliphatic carbocycles. The Morgan fingerprint density at radius 1 is 1.12 bits per heavy atom. The highest BCUT2D eigenvalue weighted by Gasteiger charge is 2.49. The molecule has 5 rings (SSSR count). The van der Waals surface area contributed by atoms with Crippen LogP contribution in [-0.4, -0.2) is 65.0 Å². The standard InChI is InChI=1S/C29H28F3N5O4S/c1-15(23-9-17(12-42-23)25(33)34)36-27(41)22-10-28(30,14-38)13-37(22)24(39)11-35-26(40)16-6-7-21-19(8-16)18-4-2-3-5-20(18)29(21,31)32/h2-9,12,15,22,38H,10-11,13-14H2,1H3,(H3,33,34)(H,35,40)(H,36,41)/t15?,22-,28+/m0/s1. The maximum Gasteiger partial charge on any atom is 0.299 e. The predicted molar refractivity (Wildman–Crippen MR) is 150 cm³/mol. The number of alkyl halides is 3. The van der Waals surface area contributed by atoms with E-state index in [2.05, 4.69) is 10.6 Å². The Morgan fingerprint density at radius 2 is 1.83 bits per heavy atom. The second-order valence-corrected chi connectivity index (χ2v) is 11.4. The first kappa shape index (κ1) is 29.3. The van der Waals surface area contributed by atoms with Gasteiger partial charge in [-0.1, -0.05) is 30.3 Å². The molecule has 3 aromatic rings. The van der Waals surface area contributed by atoms with Crippen molar-refractivity contribution in [3.63, 3.8) is 0 Å². The van der Waals surface area contributed by atoms with Crippen LogP contribution in [0, 0.1) is 5.41 Å². The molecule has 9 nitrogen and oxygen atoms in total. The summed E-state index contributed by atoms with van der Waals surface area (Å²) in [5.74, 6) is -5.44. The zero-order valence-corrected chi connectivity index (χ0v) is 23.2. The first-order valence-corrected chi connectivity index (χ1v) is 14.0. The van der Waals surface area contributed by atoms with Crippen molar-refractivity contribution in [3.05, 3.63) is 81.0 Å². The highest BCUT2D eigenvalue weighted by molar-refractivity contribution is 7.10. The highest BCUT2D eigenvalue weighted by atomic mass is 32.1. The number of amidine groups is 1. The van der Waals surface area contributed by atoms with Gasteiger partial charge >= 0.3 is 0 Å². The van der Waals surface area contributed by atoms with Crippen LogP contribution in [0.15, 0.2) is 53.9 Å². The van der Waals surface area contributed by atoms with Gasteiger partial charge < -0.3 is 26.4 Å². The van der Waals surface area contributed by atoms with E-state index in [9.17, 15) is 28.3 Å². The molecule has 3 amide bonds. The number of nitrogen functional groups attached to an aromatic ring is 1. The Hall–Kier alpha value is -4.23. The summed E-state index contributed by atoms with van der Waals surface area (Å²) >= 11 is 1.28. The molecule has 1 fully saturated rings. The number of nitrogens with two attached hydrogens (primary N) is 1. The van der Waals surface area contributed by atoms with Crippen molar-refractivity contribution in [1.29, 1.82) is 5.41 Å². The maximum atomic E-state index is 15.2. The van der Waals surface area contributed by atoms with Crippen LogP contribution in [0.5, 0.6) is 0 Å². The van der Waals surface area contributed by atoms with Crippen LogP contribution in [0.25, 0.3) is 11.1 Å². The maximum absolute atomic E-state index is 15.2. The Bertz CT molecular complexity index is 1590. The van der Waals surface area contributed by atoms with Crippen molar-refractivity contribution >= 4 is 34.9 Å². The lowest BCUT2D eigenvalue weighted by atomic mass is 10.0. The van der Waals surface area contributed by atoms with Gasteiger partial charge in [0.1, 0.15) is 11.9 Å². The molecule has 13 heteroatoms. The first-order valence-electron chi connectivity index (χ1n) is 13.1. The van der Waals surface area contributed by atoms with Crippen LogP contribution in [0.4, 0.5) is 13.2 Å². The Kier molecular flexibility index (Phi) is 7.58. The fourth-order valence-corrected chi connectivity index (χ4v) is 6.24. The second-order valence-electron chi connectivity index (χ2n) is 10.5. The molecule has 1 saturated heterocycles. The molecule has 2 aromatic carbocycles. The fraction of sp³-hybridized carbons (Fsp3) is 0.310. The van der Waals surface area contributed by atoms with Crippen molar-refractivity contribution in [2.45, 2.75) is 37.0 Å². The monoisotopic (exact) mass is 599 g/mol. The summed E-state index contributed by atoms with van der Waals surface area (Å²) in [4.78, 5) is 40.8. The number of carbonyl (C=O) groups is 3. The molecule has 2 aliphatic rings. The van der Waals surface area contributed by atoms with Gasteiger partial charge in [-0.05, 0) is 36.2 Å². The van der Waals surface area contributed by atoms with Gasteiger partial charge in [-0.15, -0.1) is 11.3 Å². The van der Waals surface area contributed by atoms with E-state index in [0.29, 0.717) is 16.0 Å². The minimum absolute atomic E-state index is 0.0506. The van der Waals surface area contributed by atoms with E-state index in [1.165, 1.54) is 41.7 Å². The van der Waals surface area contributed by atoms with Crippen LogP contribution in [0.2, 0.25) is 0 Å². The number of halogens is 3. The number of thiophene rings is 1. The van der Waals surface area contributed by atoms with E-state index in [1.54, 1.807) is 30.5 Å². The Labute approximate surface area is 243 Å². The summed E-state index contributed by atoms with van der Waals surface area (Å²) < 4.78 is 44.9. The van der Waals surface area contributed by atoms with Crippen LogP contribution in [0.3, 0.4) is 0 Å². The van der Waals surface area contributed by atoms with Gasteiger partial charge in [-0.25, -0.2) is 4.39 Å². The number of aliphatic hydroxyl groups is 1. The molecule has 3 atom stereocenters. The van der Waals surface area contributed by atoms with E-state index in [4.69, 9.17) is 11.1 Å². The number of rotatable bonds is 8. The fourth-order valence-electron chi connectivity index (χ4n) is 5.33. The quantitative estimate of drug-likeness (QED) is 0.199. The van der Waals surface area contributed by atoms with Crippen molar-refractivity contribution in [3.8, 4) is 11.1 Å². The van der Waals surface area contributed by atoms with Crippen LogP contribution < -0.4 is 16.4 Å². The summed E-state index contributed by atoms with van der Waals surface area (Å²) in [5, 5.41) is 24.0. The molecule has 0 radical (unpaired) electrons. The van der Waals surface area contributed by atoms with Crippen LogP contribution >= 0.6 is 11.3 Å². The first-order chi connectivity index (χ1) is 19.8. The molecule has 0 spiro atoms. The lowest BCUT2D eigenvalue weighted by Crippen LogP contribution is -2.49. The number of hydrogen-bond donors (Lipinski definition) is 5. The molecular weight excluding hydrogens is 571 g/mol. The molecule has 0 saturated carbocycles. The Morgan fingerprint density at radius 3 is 2.52 bits per heavy atom. The number of aliphatic hydroxyl groups excluding tert-OH is 1. The van der Waals surface area contributed by atoms with Gasteiger partial charge in [0.25, 0.3) is 11.8 Å². The second kappa shape index (κ2) is 10.9. The molecule has 2 heterocycles. The van der Waals surface area contributed by atoms with Crippen molar-refractivity contribution < 1.29 is 32.7 Å². The molecule has 1 aliphatic heterocycles. The molecule has 6 N–H and O–H groups in total. The molecule has 42 heavy (non-hydrogen) atoms. The third-order valence-corrected chi connectivity index (χ3v) is 8.70. The highest BCUT2D eigenvalue weighted by Crippen LogP contribution is 2.50. The number of hydrogen-bond acceptors (Lipinski definition) is 6. The van der Waals surface area contributed by atoms with Crippen molar-refractivity contribution in [2.24, 2.45) is 5.73 Å². The summed E-state index contributed by atoms with van der Waals surface area (Å²) in [6.07, 6.45) is -0.441. The lowest BCUT2D eigenvalue weighted by Gasteiger charge is -2.25. The van der Waals surface area contributed by atoms with Crippen LogP contribution in [0.1, 0.15) is 51.3 Å². The third kappa shape index (κ3) is 5.25. The van der Waals surface area contributed by atoms with E-state index >= 15 is 4.39 Å². The number of nitrogens with one attached hydrogen (secondary N) is 3. The summed E-state index contributed by atoms with van der Waals surface area (Å²) in [5.41, 5.74) is 3.98. The van der Waals surface area contributed by atoms with Gasteiger partial charge in [0, 0.05) is 38.9 Å². The third-order valence-electron chi connectivity index (χ3n) is 7.59. The minimum Gasteiger partial charge on any atom is -0.393 e. The zero-order valence-electron chi connectivity index (χ0n) is 22.4. The van der Waals surface area contributed by atoms with E-state index in [1.807, 2.05) is 0 Å². The van der Waals surface area contributed by atoms with Crippen molar-refractivity contribution in [2.75, 3.05) is 19.7 Å². The lowest BCUT2D eigenvalue weighted by molar-refractivity contribution is -0.138. The van der Waals surface area contributed by atoms with Gasteiger partial charge in [0.2, 0.25) is 11.8 Å². The van der Waals surface area contributed by atoms with Gasteiger partial charge in [0.05, 0.1) is 25.7 Å². The molecule has 0 bridgehead atoms. The van der Waals surface area contributed by atoms with E-state index in [-0.39, 0.29) is 28.1 Å². The van der Waals surface area contributed by atoms with E-state index < -0.39 is 67.5 Å². The number of carbonyl (C=O) groups excluding carboxylic acids is 3. The number of likely N-dealkylation sites (tertiary alicyclic amines) is 1. The molecule has 220 valence electrons. The van der Waals surface area contributed by atoms with Gasteiger partial charge in [-0.3, -0.25) is 19.8 Å². The average molecular weight is 600 g/mol. The normalized spacial score (nSPS) is 20.9. The van der Waals surface area contributed by atoms with Gasteiger partial charge in [0.15, 0.2) is 5.67 Å². The number of amides is 3. The van der Waals surface area contributed by atoms with E-state index in [0.717, 1.165) is 4.90 Å². The molecule has 1 unspecified atom stereocenters. The predicted octanol–water partition coefficient (Wildman–Crippen LogP) is 3.06. The van der Waals surface area contributed by atoms with Crippen molar-refractivity contribution in [1.82, 2.24) is 15.5 Å². The topological polar surface area (TPSA) is 149 Å². The van der Waals surface area contributed by atoms with Crippen LogP contribution in [-0.2, 0) is 15.5 Å². The molecule has 1 aromatic heterocycles. The minimum atomic E-state index is -3.20. The summed E-state index contributed by atoms with van der Waals surface area (Å²) in [7, 11) is 0. The van der Waals surface area contributed by atoms with Gasteiger partial charge in [-0.2, -0.15) is 8.78 Å². The zero-order chi connectivity index (χ0) is 30.4. The number of benzene rings is 2. The molecular formula is C29H28F3N5O4S.